The van der Waals surface area contributed by atoms with Crippen molar-refractivity contribution in [1.29, 1.82) is 0 Å². The minimum absolute atomic E-state index is 0.0194. The molecule has 1 amide bonds. The first-order chi connectivity index (χ1) is 17.3. The van der Waals surface area contributed by atoms with E-state index in [4.69, 9.17) is 4.98 Å². The number of hydrogen-bond acceptors (Lipinski definition) is 6. The van der Waals surface area contributed by atoms with E-state index >= 15 is 0 Å². The number of aromatic nitrogens is 2. The molecule has 0 spiro atoms. The lowest BCUT2D eigenvalue weighted by atomic mass is 10.0. The van der Waals surface area contributed by atoms with Crippen molar-refractivity contribution in [2.24, 2.45) is 0 Å². The maximum atomic E-state index is 13.4. The molecule has 0 saturated heterocycles. The molecule has 180 valence electrons. The molecule has 0 saturated carbocycles. The number of hydrogen-bond donors (Lipinski definition) is 2. The number of pyridine rings is 1. The molecular weight excluding hydrogens is 492 g/mol. The van der Waals surface area contributed by atoms with E-state index in [0.29, 0.717) is 27.8 Å². The minimum Gasteiger partial charge on any atom is -0.322 e. The molecule has 36 heavy (non-hydrogen) atoms. The zero-order valence-corrected chi connectivity index (χ0v) is 21.2. The summed E-state index contributed by atoms with van der Waals surface area (Å²) in [5, 5.41) is 5.50. The average molecular weight is 515 g/mol. The van der Waals surface area contributed by atoms with E-state index in [0.717, 1.165) is 11.1 Å². The number of carbonyl (C=O) groups excluding carboxylic acids is 1. The van der Waals surface area contributed by atoms with Crippen molar-refractivity contribution in [3.05, 3.63) is 101 Å². The highest BCUT2D eigenvalue weighted by Gasteiger charge is 2.18. The molecule has 2 heterocycles. The highest BCUT2D eigenvalue weighted by Crippen LogP contribution is 2.27. The van der Waals surface area contributed by atoms with E-state index in [1.807, 2.05) is 50.2 Å². The lowest BCUT2D eigenvalue weighted by Gasteiger charge is -2.12. The molecule has 0 aliphatic heterocycles. The molecule has 3 aromatic carbocycles. The summed E-state index contributed by atoms with van der Waals surface area (Å²) in [4.78, 5) is 22.2. The normalized spacial score (nSPS) is 11.4. The average Bonchev–Trinajstić information content (AvgIpc) is 3.37. The highest BCUT2D eigenvalue weighted by molar-refractivity contribution is 7.93. The number of anilines is 2. The summed E-state index contributed by atoms with van der Waals surface area (Å²) < 4.78 is 28.0. The minimum atomic E-state index is -3.85. The lowest BCUT2D eigenvalue weighted by Crippen LogP contribution is -2.15. The summed E-state index contributed by atoms with van der Waals surface area (Å²) in [6.45, 7) is 4.09. The molecule has 0 aliphatic carbocycles. The Hall–Kier alpha value is -4.08. The molecule has 2 N–H and O–H groups in total. The second-order valence-electron chi connectivity index (χ2n) is 8.30. The SMILES string of the molecule is Cc1ccc(-c2cc(C(=O)Nc3cccc(S(=O)(=O)Nc4nccs4)c3)c3ccccc3n2)cc1C. The number of rotatable bonds is 6. The summed E-state index contributed by atoms with van der Waals surface area (Å²) in [7, 11) is -3.85. The van der Waals surface area contributed by atoms with Crippen molar-refractivity contribution in [3.63, 3.8) is 0 Å². The smallest absolute Gasteiger partial charge is 0.263 e. The fraction of sp³-hybridized carbons (Fsp3) is 0.0741. The first kappa shape index (κ1) is 23.7. The van der Waals surface area contributed by atoms with Crippen LogP contribution in [0.2, 0.25) is 0 Å². The molecule has 0 bridgehead atoms. The quantitative estimate of drug-likeness (QED) is 0.288. The van der Waals surface area contributed by atoms with Gasteiger partial charge in [-0.3, -0.25) is 9.52 Å². The van der Waals surface area contributed by atoms with Crippen LogP contribution < -0.4 is 10.0 Å². The van der Waals surface area contributed by atoms with E-state index in [-0.39, 0.29) is 15.9 Å². The van der Waals surface area contributed by atoms with Gasteiger partial charge >= 0.3 is 0 Å². The van der Waals surface area contributed by atoms with E-state index in [9.17, 15) is 13.2 Å². The second-order valence-corrected chi connectivity index (χ2v) is 10.9. The van der Waals surface area contributed by atoms with Crippen molar-refractivity contribution in [3.8, 4) is 11.3 Å². The van der Waals surface area contributed by atoms with Crippen LogP contribution in [0, 0.1) is 13.8 Å². The number of para-hydroxylation sites is 1. The summed E-state index contributed by atoms with van der Waals surface area (Å²) >= 11 is 1.18. The van der Waals surface area contributed by atoms with Crippen LogP contribution >= 0.6 is 11.3 Å². The number of nitrogens with zero attached hydrogens (tertiary/aromatic N) is 2. The van der Waals surface area contributed by atoms with Gasteiger partial charge in [0, 0.05) is 28.2 Å². The van der Waals surface area contributed by atoms with E-state index in [2.05, 4.69) is 21.1 Å². The Morgan fingerprint density at radius 2 is 1.75 bits per heavy atom. The van der Waals surface area contributed by atoms with Crippen molar-refractivity contribution in [1.82, 2.24) is 9.97 Å². The van der Waals surface area contributed by atoms with E-state index in [1.165, 1.54) is 35.2 Å². The van der Waals surface area contributed by atoms with Crippen molar-refractivity contribution >= 4 is 49.0 Å². The zero-order valence-electron chi connectivity index (χ0n) is 19.5. The summed E-state index contributed by atoms with van der Waals surface area (Å²) in [6, 6.07) is 21.4. The Balaban J connectivity index is 1.49. The van der Waals surface area contributed by atoms with Crippen LogP contribution in [0.5, 0.6) is 0 Å². The highest BCUT2D eigenvalue weighted by atomic mass is 32.2. The van der Waals surface area contributed by atoms with Crippen LogP contribution in [0.1, 0.15) is 21.5 Å². The molecule has 0 unspecified atom stereocenters. The first-order valence-electron chi connectivity index (χ1n) is 11.1. The summed E-state index contributed by atoms with van der Waals surface area (Å²) in [5.74, 6) is -0.360. The van der Waals surface area contributed by atoms with Crippen molar-refractivity contribution < 1.29 is 13.2 Å². The molecule has 0 fully saturated rings. The Kier molecular flexibility index (Phi) is 6.26. The molecule has 9 heteroatoms. The van der Waals surface area contributed by atoms with Gasteiger partial charge in [-0.15, -0.1) is 11.3 Å². The van der Waals surface area contributed by atoms with Gasteiger partial charge in [-0.1, -0.05) is 36.4 Å². The third-order valence-electron chi connectivity index (χ3n) is 5.82. The van der Waals surface area contributed by atoms with Gasteiger partial charge in [0.05, 0.1) is 21.7 Å². The topological polar surface area (TPSA) is 101 Å². The maximum absolute atomic E-state index is 13.4. The van der Waals surface area contributed by atoms with Crippen LogP contribution in [0.15, 0.2) is 89.3 Å². The maximum Gasteiger partial charge on any atom is 0.263 e. The van der Waals surface area contributed by atoms with Crippen LogP contribution in [-0.2, 0) is 10.0 Å². The second kappa shape index (κ2) is 9.52. The fourth-order valence-electron chi connectivity index (χ4n) is 3.80. The van der Waals surface area contributed by atoms with Crippen LogP contribution in [0.25, 0.3) is 22.2 Å². The fourth-order valence-corrected chi connectivity index (χ4v) is 5.63. The predicted octanol–water partition coefficient (Wildman–Crippen LogP) is 6.03. The number of amides is 1. The number of benzene rings is 3. The Morgan fingerprint density at radius 3 is 2.53 bits per heavy atom. The number of thiazole rings is 1. The monoisotopic (exact) mass is 514 g/mol. The Bertz CT molecular complexity index is 1700. The summed E-state index contributed by atoms with van der Waals surface area (Å²) in [6.07, 6.45) is 1.52. The van der Waals surface area contributed by atoms with Gasteiger partial charge in [0.2, 0.25) is 0 Å². The zero-order chi connectivity index (χ0) is 25.3. The number of aryl methyl sites for hydroxylation is 2. The number of carbonyl (C=O) groups is 1. The third-order valence-corrected chi connectivity index (χ3v) is 7.97. The molecule has 7 nitrogen and oxygen atoms in total. The number of sulfonamides is 1. The van der Waals surface area contributed by atoms with Crippen LogP contribution in [0.3, 0.4) is 0 Å². The molecule has 2 aromatic heterocycles. The number of fused-ring (bicyclic) bond motifs is 1. The van der Waals surface area contributed by atoms with E-state index < -0.39 is 10.0 Å². The largest absolute Gasteiger partial charge is 0.322 e. The van der Waals surface area contributed by atoms with E-state index in [1.54, 1.807) is 23.6 Å². The molecule has 5 aromatic rings. The van der Waals surface area contributed by atoms with Crippen molar-refractivity contribution in [2.75, 3.05) is 10.0 Å². The molecule has 0 atom stereocenters. The molecule has 0 aliphatic rings. The van der Waals surface area contributed by atoms with Crippen LogP contribution in [0.4, 0.5) is 10.8 Å². The van der Waals surface area contributed by atoms with Gasteiger partial charge in [0.1, 0.15) is 0 Å². The predicted molar refractivity (Wildman–Crippen MR) is 144 cm³/mol. The number of nitrogens with one attached hydrogen (secondary N) is 2. The van der Waals surface area contributed by atoms with Gasteiger partial charge in [-0.2, -0.15) is 0 Å². The molecule has 0 radical (unpaired) electrons. The molecule has 5 rings (SSSR count). The Labute approximate surface area is 212 Å². The van der Waals surface area contributed by atoms with Gasteiger partial charge in [-0.25, -0.2) is 18.4 Å². The third kappa shape index (κ3) is 4.84. The lowest BCUT2D eigenvalue weighted by molar-refractivity contribution is 0.102. The van der Waals surface area contributed by atoms with Crippen LogP contribution in [-0.4, -0.2) is 24.3 Å². The standard InChI is InChI=1S/C27H22N4O3S2/c1-17-10-11-19(14-18(17)2)25-16-23(22-8-3-4-9-24(22)30-25)26(32)29-20-6-5-7-21(15-20)36(33,34)31-27-28-12-13-35-27/h3-16H,1-2H3,(H,28,31)(H,29,32). The van der Waals surface area contributed by atoms with Gasteiger partial charge in [-0.05, 0) is 61.4 Å². The van der Waals surface area contributed by atoms with Gasteiger partial charge in [0.15, 0.2) is 5.13 Å². The molecular formula is C27H22N4O3S2. The summed E-state index contributed by atoms with van der Waals surface area (Å²) in [5.41, 5.74) is 5.42. The first-order valence-corrected chi connectivity index (χ1v) is 13.5. The van der Waals surface area contributed by atoms with Gasteiger partial charge in [0.25, 0.3) is 15.9 Å². The van der Waals surface area contributed by atoms with Crippen molar-refractivity contribution in [2.45, 2.75) is 18.7 Å². The van der Waals surface area contributed by atoms with Gasteiger partial charge < -0.3 is 5.32 Å². The Morgan fingerprint density at radius 1 is 0.917 bits per heavy atom.